The summed E-state index contributed by atoms with van der Waals surface area (Å²) in [7, 11) is -3.59. The van der Waals surface area contributed by atoms with E-state index in [-0.39, 0.29) is 15.7 Å². The molecule has 0 atom stereocenters. The number of rotatable bonds is 5. The van der Waals surface area contributed by atoms with E-state index in [0.29, 0.717) is 12.1 Å². The summed E-state index contributed by atoms with van der Waals surface area (Å²) in [4.78, 5) is 16.9. The summed E-state index contributed by atoms with van der Waals surface area (Å²) in [5.41, 5.74) is 2.17. The third kappa shape index (κ3) is 3.52. The highest BCUT2D eigenvalue weighted by molar-refractivity contribution is 7.91. The van der Waals surface area contributed by atoms with E-state index in [4.69, 9.17) is 0 Å². The lowest BCUT2D eigenvalue weighted by Gasteiger charge is -2.08. The van der Waals surface area contributed by atoms with Crippen molar-refractivity contribution in [1.29, 1.82) is 0 Å². The van der Waals surface area contributed by atoms with Crippen LogP contribution in [0, 0.1) is 0 Å². The molecule has 2 heterocycles. The van der Waals surface area contributed by atoms with Gasteiger partial charge in [-0.1, -0.05) is 24.3 Å². The van der Waals surface area contributed by atoms with E-state index in [1.807, 2.05) is 28.9 Å². The SMILES string of the molecule is O=C(NCc1ccc2nccn2c1)c1ccc(S(=O)(=O)c2ccccc2)cc1. The average Bonchev–Trinajstić information content (AvgIpc) is 3.20. The average molecular weight is 391 g/mol. The quantitative estimate of drug-likeness (QED) is 0.567. The van der Waals surface area contributed by atoms with Crippen LogP contribution < -0.4 is 5.32 Å². The molecular weight excluding hydrogens is 374 g/mol. The zero-order valence-corrected chi connectivity index (χ0v) is 15.6. The van der Waals surface area contributed by atoms with Crippen LogP contribution >= 0.6 is 0 Å². The molecule has 2 aromatic carbocycles. The van der Waals surface area contributed by atoms with Crippen molar-refractivity contribution in [1.82, 2.24) is 14.7 Å². The first-order valence-corrected chi connectivity index (χ1v) is 10.1. The number of carbonyl (C=O) groups is 1. The van der Waals surface area contributed by atoms with Gasteiger partial charge >= 0.3 is 0 Å². The van der Waals surface area contributed by atoms with Crippen molar-refractivity contribution in [3.8, 4) is 0 Å². The minimum Gasteiger partial charge on any atom is -0.348 e. The molecule has 6 nitrogen and oxygen atoms in total. The molecule has 4 rings (SSSR count). The number of nitrogens with zero attached hydrogens (tertiary/aromatic N) is 2. The summed E-state index contributed by atoms with van der Waals surface area (Å²) in [6.07, 6.45) is 5.45. The maximum atomic E-state index is 12.6. The number of pyridine rings is 1. The van der Waals surface area contributed by atoms with Gasteiger partial charge < -0.3 is 9.72 Å². The van der Waals surface area contributed by atoms with Crippen molar-refractivity contribution >= 4 is 21.4 Å². The van der Waals surface area contributed by atoms with Gasteiger partial charge in [0.25, 0.3) is 5.91 Å². The van der Waals surface area contributed by atoms with Gasteiger partial charge in [-0.2, -0.15) is 0 Å². The Morgan fingerprint density at radius 2 is 1.64 bits per heavy atom. The highest BCUT2D eigenvalue weighted by Crippen LogP contribution is 2.20. The van der Waals surface area contributed by atoms with Gasteiger partial charge in [0.15, 0.2) is 0 Å². The van der Waals surface area contributed by atoms with Crippen LogP contribution in [-0.4, -0.2) is 23.7 Å². The standard InChI is InChI=1S/C21H17N3O3S/c25-21(23-14-16-6-11-20-22-12-13-24(20)15-16)17-7-9-19(10-8-17)28(26,27)18-4-2-1-3-5-18/h1-13,15H,14H2,(H,23,25). The molecule has 0 aliphatic carbocycles. The molecule has 1 N–H and O–H groups in total. The third-order valence-electron chi connectivity index (χ3n) is 4.38. The van der Waals surface area contributed by atoms with E-state index in [0.717, 1.165) is 11.2 Å². The molecule has 1 amide bonds. The number of carbonyl (C=O) groups excluding carboxylic acids is 1. The molecular formula is C21H17N3O3S. The second kappa shape index (κ2) is 7.28. The van der Waals surface area contributed by atoms with Crippen LogP contribution in [0.4, 0.5) is 0 Å². The summed E-state index contributed by atoms with van der Waals surface area (Å²) in [6.45, 7) is 0.358. The van der Waals surface area contributed by atoms with Crippen LogP contribution in [0.1, 0.15) is 15.9 Å². The molecule has 0 bridgehead atoms. The Morgan fingerprint density at radius 1 is 0.929 bits per heavy atom. The van der Waals surface area contributed by atoms with Crippen molar-refractivity contribution in [3.63, 3.8) is 0 Å². The minimum absolute atomic E-state index is 0.154. The Hall–Kier alpha value is -3.45. The van der Waals surface area contributed by atoms with Crippen molar-refractivity contribution in [2.24, 2.45) is 0 Å². The Morgan fingerprint density at radius 3 is 2.39 bits per heavy atom. The summed E-state index contributed by atoms with van der Waals surface area (Å²) >= 11 is 0. The molecule has 28 heavy (non-hydrogen) atoms. The van der Waals surface area contributed by atoms with E-state index < -0.39 is 9.84 Å². The van der Waals surface area contributed by atoms with Gasteiger partial charge in [0.05, 0.1) is 9.79 Å². The maximum Gasteiger partial charge on any atom is 0.251 e. The Balaban J connectivity index is 1.46. The van der Waals surface area contributed by atoms with Crippen LogP contribution in [0.25, 0.3) is 5.65 Å². The lowest BCUT2D eigenvalue weighted by molar-refractivity contribution is 0.0951. The highest BCUT2D eigenvalue weighted by Gasteiger charge is 2.17. The Bertz CT molecular complexity index is 1230. The predicted octanol–water partition coefficient (Wildman–Crippen LogP) is 3.10. The summed E-state index contributed by atoms with van der Waals surface area (Å²) in [5.74, 6) is -0.269. The van der Waals surface area contributed by atoms with Crippen LogP contribution in [0.3, 0.4) is 0 Å². The molecule has 2 aromatic heterocycles. The van der Waals surface area contributed by atoms with E-state index in [1.54, 1.807) is 36.5 Å². The number of fused-ring (bicyclic) bond motifs is 1. The number of hydrogen-bond donors (Lipinski definition) is 1. The largest absolute Gasteiger partial charge is 0.348 e. The maximum absolute atomic E-state index is 12.6. The molecule has 0 aliphatic heterocycles. The molecule has 4 aromatic rings. The minimum atomic E-state index is -3.59. The van der Waals surface area contributed by atoms with Crippen LogP contribution in [0.2, 0.25) is 0 Å². The summed E-state index contributed by atoms with van der Waals surface area (Å²) < 4.78 is 27.1. The van der Waals surface area contributed by atoms with Crippen molar-refractivity contribution in [2.75, 3.05) is 0 Å². The van der Waals surface area contributed by atoms with Gasteiger partial charge in [-0.15, -0.1) is 0 Å². The predicted molar refractivity (Wildman–Crippen MR) is 105 cm³/mol. The second-order valence-corrected chi connectivity index (χ2v) is 8.20. The Kier molecular flexibility index (Phi) is 4.67. The fourth-order valence-corrected chi connectivity index (χ4v) is 4.16. The van der Waals surface area contributed by atoms with Crippen LogP contribution in [-0.2, 0) is 16.4 Å². The molecule has 0 saturated heterocycles. The fourth-order valence-electron chi connectivity index (χ4n) is 2.88. The van der Waals surface area contributed by atoms with Gasteiger partial charge in [0.2, 0.25) is 9.84 Å². The number of aromatic nitrogens is 2. The van der Waals surface area contributed by atoms with Gasteiger partial charge in [-0.3, -0.25) is 4.79 Å². The van der Waals surface area contributed by atoms with E-state index >= 15 is 0 Å². The Labute approximate surface area is 162 Å². The molecule has 0 aliphatic rings. The normalized spacial score (nSPS) is 11.4. The lowest BCUT2D eigenvalue weighted by atomic mass is 10.2. The molecule has 0 spiro atoms. The van der Waals surface area contributed by atoms with E-state index in [1.165, 1.54) is 24.3 Å². The number of amides is 1. The molecule has 0 radical (unpaired) electrons. The first-order chi connectivity index (χ1) is 13.5. The van der Waals surface area contributed by atoms with Crippen molar-refractivity contribution in [3.05, 3.63) is 96.4 Å². The number of hydrogen-bond acceptors (Lipinski definition) is 4. The molecule has 0 unspecified atom stereocenters. The zero-order valence-electron chi connectivity index (χ0n) is 14.8. The van der Waals surface area contributed by atoms with Gasteiger partial charge in [-0.25, -0.2) is 13.4 Å². The highest BCUT2D eigenvalue weighted by atomic mass is 32.2. The topological polar surface area (TPSA) is 80.5 Å². The van der Waals surface area contributed by atoms with Gasteiger partial charge in [0, 0.05) is 30.7 Å². The zero-order chi connectivity index (χ0) is 19.6. The smallest absolute Gasteiger partial charge is 0.251 e. The molecule has 7 heteroatoms. The van der Waals surface area contributed by atoms with Gasteiger partial charge in [-0.05, 0) is 48.0 Å². The molecule has 0 fully saturated rings. The summed E-state index contributed by atoms with van der Waals surface area (Å²) in [5, 5.41) is 2.84. The third-order valence-corrected chi connectivity index (χ3v) is 6.17. The molecule has 140 valence electrons. The summed E-state index contributed by atoms with van der Waals surface area (Å²) in [6, 6.07) is 17.9. The van der Waals surface area contributed by atoms with E-state index in [9.17, 15) is 13.2 Å². The second-order valence-electron chi connectivity index (χ2n) is 6.25. The fraction of sp³-hybridized carbons (Fsp3) is 0.0476. The monoisotopic (exact) mass is 391 g/mol. The van der Waals surface area contributed by atoms with Crippen LogP contribution in [0.5, 0.6) is 0 Å². The number of benzene rings is 2. The number of imidazole rings is 1. The van der Waals surface area contributed by atoms with E-state index in [2.05, 4.69) is 10.3 Å². The first-order valence-electron chi connectivity index (χ1n) is 8.64. The first kappa shape index (κ1) is 17.9. The van der Waals surface area contributed by atoms with Crippen molar-refractivity contribution in [2.45, 2.75) is 16.3 Å². The molecule has 0 saturated carbocycles. The van der Waals surface area contributed by atoms with Crippen molar-refractivity contribution < 1.29 is 13.2 Å². The van der Waals surface area contributed by atoms with Gasteiger partial charge in [0.1, 0.15) is 5.65 Å². The van der Waals surface area contributed by atoms with Crippen LogP contribution in [0.15, 0.2) is 95.1 Å². The lowest BCUT2D eigenvalue weighted by Crippen LogP contribution is -2.23. The number of sulfone groups is 1. The number of nitrogens with one attached hydrogen (secondary N) is 1.